The Bertz CT molecular complexity index is 160. The molecule has 0 aromatic heterocycles. The van der Waals surface area contributed by atoms with E-state index in [2.05, 4.69) is 11.9 Å². The monoisotopic (exact) mass is 127 g/mol. The summed E-state index contributed by atoms with van der Waals surface area (Å²) in [6.07, 6.45) is 1.38. The van der Waals surface area contributed by atoms with Gasteiger partial charge in [0.2, 0.25) is 0 Å². The van der Waals surface area contributed by atoms with Crippen LogP contribution in [0.2, 0.25) is 0 Å². The van der Waals surface area contributed by atoms with Gasteiger partial charge < -0.3 is 5.32 Å². The van der Waals surface area contributed by atoms with E-state index in [1.165, 1.54) is 0 Å². The summed E-state index contributed by atoms with van der Waals surface area (Å²) in [5.41, 5.74) is 1.80. The second-order valence-electron chi connectivity index (χ2n) is 2.18. The highest BCUT2D eigenvalue weighted by molar-refractivity contribution is 5.27. The van der Waals surface area contributed by atoms with Crippen molar-refractivity contribution in [3.63, 3.8) is 0 Å². The molecule has 0 aromatic rings. The third-order valence-electron chi connectivity index (χ3n) is 1.61. The number of allylic oxidation sites excluding steroid dienone is 2. The quantitative estimate of drug-likeness (QED) is 0.595. The molecule has 0 spiro atoms. The van der Waals surface area contributed by atoms with Gasteiger partial charge in [0.25, 0.3) is 0 Å². The molecule has 0 saturated carbocycles. The van der Waals surface area contributed by atoms with Crippen molar-refractivity contribution in [1.29, 1.82) is 0 Å². The Hall–Kier alpha value is -0.790. The standard InChI is InChI=1S/C7H10FN/c1-3-9-7-4-6(8)5(7)2/h3,6,9H,1,4H2,2H3. The largest absolute Gasteiger partial charge is 0.365 e. The zero-order valence-corrected chi connectivity index (χ0v) is 5.45. The normalized spacial score (nSPS) is 25.3. The first-order valence-electron chi connectivity index (χ1n) is 2.97. The smallest absolute Gasteiger partial charge is 0.128 e. The first kappa shape index (κ1) is 6.33. The Morgan fingerprint density at radius 2 is 2.56 bits per heavy atom. The molecule has 0 bridgehead atoms. The Balaban J connectivity index is 2.53. The molecule has 1 atom stereocenters. The van der Waals surface area contributed by atoms with Gasteiger partial charge in [-0.2, -0.15) is 0 Å². The summed E-state index contributed by atoms with van der Waals surface area (Å²) in [6.45, 7) is 5.27. The zero-order chi connectivity index (χ0) is 6.85. The minimum absolute atomic E-state index is 0.526. The van der Waals surface area contributed by atoms with E-state index in [9.17, 15) is 4.39 Å². The molecule has 0 fully saturated rings. The molecule has 0 amide bonds. The van der Waals surface area contributed by atoms with Gasteiger partial charge >= 0.3 is 0 Å². The van der Waals surface area contributed by atoms with Crippen molar-refractivity contribution in [2.75, 3.05) is 0 Å². The minimum atomic E-state index is -0.715. The van der Waals surface area contributed by atoms with Gasteiger partial charge in [-0.05, 0) is 18.7 Å². The number of nitrogens with one attached hydrogen (secondary N) is 1. The minimum Gasteiger partial charge on any atom is -0.365 e. The van der Waals surface area contributed by atoms with Crippen molar-refractivity contribution >= 4 is 0 Å². The van der Waals surface area contributed by atoms with E-state index in [1.807, 2.05) is 0 Å². The average molecular weight is 127 g/mol. The second-order valence-corrected chi connectivity index (χ2v) is 2.18. The van der Waals surface area contributed by atoms with Crippen LogP contribution in [0.25, 0.3) is 0 Å². The van der Waals surface area contributed by atoms with Gasteiger partial charge in [-0.25, -0.2) is 4.39 Å². The van der Waals surface area contributed by atoms with E-state index in [0.29, 0.717) is 6.42 Å². The number of halogens is 1. The summed E-state index contributed by atoms with van der Waals surface area (Å²) >= 11 is 0. The highest BCUT2D eigenvalue weighted by Gasteiger charge is 2.24. The highest BCUT2D eigenvalue weighted by atomic mass is 19.1. The molecule has 0 aliphatic heterocycles. The van der Waals surface area contributed by atoms with E-state index in [-0.39, 0.29) is 0 Å². The van der Waals surface area contributed by atoms with Crippen molar-refractivity contribution in [2.45, 2.75) is 19.5 Å². The van der Waals surface area contributed by atoms with Crippen molar-refractivity contribution in [1.82, 2.24) is 5.32 Å². The van der Waals surface area contributed by atoms with Crippen LogP contribution in [0.1, 0.15) is 13.3 Å². The molecule has 9 heavy (non-hydrogen) atoms. The summed E-state index contributed by atoms with van der Waals surface area (Å²) in [6, 6.07) is 0. The van der Waals surface area contributed by atoms with E-state index < -0.39 is 6.17 Å². The predicted octanol–water partition coefficient (Wildman–Crippen LogP) is 1.74. The van der Waals surface area contributed by atoms with Gasteiger partial charge in [-0.15, -0.1) is 0 Å². The molecule has 1 rings (SSSR count). The van der Waals surface area contributed by atoms with Crippen LogP contribution in [0.5, 0.6) is 0 Å². The van der Waals surface area contributed by atoms with E-state index in [0.717, 1.165) is 11.3 Å². The van der Waals surface area contributed by atoms with Crippen LogP contribution in [0.15, 0.2) is 24.0 Å². The maximum Gasteiger partial charge on any atom is 0.128 e. The third kappa shape index (κ3) is 0.969. The Morgan fingerprint density at radius 3 is 2.89 bits per heavy atom. The lowest BCUT2D eigenvalue weighted by atomic mass is 9.94. The molecular weight excluding hydrogens is 117 g/mol. The number of hydrogen-bond acceptors (Lipinski definition) is 1. The van der Waals surface area contributed by atoms with Crippen LogP contribution in [0.4, 0.5) is 4.39 Å². The maximum atomic E-state index is 12.4. The lowest BCUT2D eigenvalue weighted by molar-refractivity contribution is 0.334. The maximum absolute atomic E-state index is 12.4. The molecular formula is C7H10FN. The van der Waals surface area contributed by atoms with Gasteiger partial charge in [-0.1, -0.05) is 6.58 Å². The second kappa shape index (κ2) is 2.21. The molecule has 1 aliphatic carbocycles. The summed E-state index contributed by atoms with van der Waals surface area (Å²) < 4.78 is 12.4. The molecule has 0 heterocycles. The number of rotatable bonds is 2. The van der Waals surface area contributed by atoms with Crippen LogP contribution < -0.4 is 5.32 Å². The average Bonchev–Trinajstić information content (AvgIpc) is 1.88. The SMILES string of the molecule is C=CNC1=C(C)C(F)C1. The van der Waals surface area contributed by atoms with Gasteiger partial charge in [0, 0.05) is 12.1 Å². The topological polar surface area (TPSA) is 12.0 Å². The van der Waals surface area contributed by atoms with Crippen LogP contribution in [0.3, 0.4) is 0 Å². The van der Waals surface area contributed by atoms with Gasteiger partial charge in [0.1, 0.15) is 6.17 Å². The van der Waals surface area contributed by atoms with Gasteiger partial charge in [-0.3, -0.25) is 0 Å². The van der Waals surface area contributed by atoms with Crippen LogP contribution in [-0.4, -0.2) is 6.17 Å². The van der Waals surface area contributed by atoms with Crippen molar-refractivity contribution in [3.05, 3.63) is 24.0 Å². The van der Waals surface area contributed by atoms with Gasteiger partial charge in [0.15, 0.2) is 0 Å². The highest BCUT2D eigenvalue weighted by Crippen LogP contribution is 2.28. The molecule has 1 nitrogen and oxygen atoms in total. The molecule has 0 radical (unpaired) electrons. The summed E-state index contributed by atoms with van der Waals surface area (Å²) in [5.74, 6) is 0. The van der Waals surface area contributed by atoms with E-state index >= 15 is 0 Å². The molecule has 0 aromatic carbocycles. The molecule has 50 valence electrons. The number of alkyl halides is 1. The molecule has 1 unspecified atom stereocenters. The van der Waals surface area contributed by atoms with E-state index in [4.69, 9.17) is 0 Å². The molecule has 0 saturated heterocycles. The lowest BCUT2D eigenvalue weighted by Crippen LogP contribution is -2.25. The molecule has 2 heteroatoms. The summed E-state index contributed by atoms with van der Waals surface area (Å²) in [7, 11) is 0. The fraction of sp³-hybridized carbons (Fsp3) is 0.429. The predicted molar refractivity (Wildman–Crippen MR) is 35.5 cm³/mol. The molecule has 1 N–H and O–H groups in total. The van der Waals surface area contributed by atoms with Crippen molar-refractivity contribution < 1.29 is 4.39 Å². The van der Waals surface area contributed by atoms with E-state index in [1.54, 1.807) is 13.1 Å². The summed E-state index contributed by atoms with van der Waals surface area (Å²) in [5, 5.41) is 2.87. The summed E-state index contributed by atoms with van der Waals surface area (Å²) in [4.78, 5) is 0. The fourth-order valence-electron chi connectivity index (χ4n) is 0.847. The Labute approximate surface area is 54.3 Å². The van der Waals surface area contributed by atoms with Crippen LogP contribution in [0, 0.1) is 0 Å². The third-order valence-corrected chi connectivity index (χ3v) is 1.61. The first-order valence-corrected chi connectivity index (χ1v) is 2.97. The van der Waals surface area contributed by atoms with Gasteiger partial charge in [0.05, 0.1) is 0 Å². The van der Waals surface area contributed by atoms with Crippen molar-refractivity contribution in [3.8, 4) is 0 Å². The molecule has 1 aliphatic rings. The Kier molecular flexibility index (Phi) is 1.56. The number of hydrogen-bond donors (Lipinski definition) is 1. The van der Waals surface area contributed by atoms with Crippen LogP contribution in [-0.2, 0) is 0 Å². The lowest BCUT2D eigenvalue weighted by Gasteiger charge is -2.24. The Morgan fingerprint density at radius 1 is 1.89 bits per heavy atom. The first-order chi connectivity index (χ1) is 4.25. The zero-order valence-electron chi connectivity index (χ0n) is 5.45. The van der Waals surface area contributed by atoms with Crippen LogP contribution >= 0.6 is 0 Å². The fourth-order valence-corrected chi connectivity index (χ4v) is 0.847. The van der Waals surface area contributed by atoms with Crippen molar-refractivity contribution in [2.24, 2.45) is 0 Å².